The van der Waals surface area contributed by atoms with E-state index in [0.717, 1.165) is 6.42 Å². The Hall–Kier alpha value is -1.77. The van der Waals surface area contributed by atoms with Gasteiger partial charge in [-0.25, -0.2) is 4.79 Å². The van der Waals surface area contributed by atoms with Crippen LogP contribution in [0, 0.1) is 0 Å². The Morgan fingerprint density at radius 2 is 1.89 bits per heavy atom. The molecule has 3 heteroatoms. The minimum absolute atomic E-state index is 0.00580. The maximum Gasteiger partial charge on any atom is 0.334 e. The van der Waals surface area contributed by atoms with Gasteiger partial charge >= 0.3 is 5.97 Å². The van der Waals surface area contributed by atoms with E-state index in [9.17, 15) is 4.79 Å². The summed E-state index contributed by atoms with van der Waals surface area (Å²) in [6.45, 7) is 9.95. The molecule has 1 N–H and O–H groups in total. The van der Waals surface area contributed by atoms with E-state index in [2.05, 4.69) is 27.4 Å². The summed E-state index contributed by atoms with van der Waals surface area (Å²) in [4.78, 5) is 10.6. The van der Waals surface area contributed by atoms with Gasteiger partial charge in [0.15, 0.2) is 0 Å². The second kappa shape index (κ2) is 5.71. The molecular weight excluding hydrogens is 228 g/mol. The average Bonchev–Trinajstić information content (AvgIpc) is 2.36. The van der Waals surface area contributed by atoms with Gasteiger partial charge in [-0.3, -0.25) is 0 Å². The third-order valence-corrected chi connectivity index (χ3v) is 3.24. The van der Waals surface area contributed by atoms with Crippen molar-refractivity contribution < 1.29 is 14.6 Å². The van der Waals surface area contributed by atoms with Gasteiger partial charge in [-0.05, 0) is 29.5 Å². The SMILES string of the molecule is C=C(COc1ccc(C(C)(C)CC)cc1)C(=O)O. The summed E-state index contributed by atoms with van der Waals surface area (Å²) < 4.78 is 5.35. The van der Waals surface area contributed by atoms with Crippen molar-refractivity contribution in [3.8, 4) is 5.75 Å². The zero-order valence-corrected chi connectivity index (χ0v) is 11.2. The molecule has 0 heterocycles. The second-order valence-electron chi connectivity index (χ2n) is 4.96. The number of carboxylic acid groups (broad SMARTS) is 1. The molecule has 0 aliphatic heterocycles. The summed E-state index contributed by atoms with van der Waals surface area (Å²) in [5.74, 6) is -0.369. The highest BCUT2D eigenvalue weighted by atomic mass is 16.5. The maximum atomic E-state index is 10.6. The summed E-state index contributed by atoms with van der Waals surface area (Å²) >= 11 is 0. The molecule has 18 heavy (non-hydrogen) atoms. The number of hydrogen-bond acceptors (Lipinski definition) is 2. The van der Waals surface area contributed by atoms with Crippen LogP contribution in [0.2, 0.25) is 0 Å². The molecular formula is C15H20O3. The van der Waals surface area contributed by atoms with Crippen LogP contribution in [0.5, 0.6) is 5.75 Å². The van der Waals surface area contributed by atoms with E-state index in [4.69, 9.17) is 9.84 Å². The van der Waals surface area contributed by atoms with E-state index in [0.29, 0.717) is 5.75 Å². The number of aliphatic carboxylic acids is 1. The number of carboxylic acids is 1. The van der Waals surface area contributed by atoms with E-state index in [-0.39, 0.29) is 17.6 Å². The lowest BCUT2D eigenvalue weighted by atomic mass is 9.82. The monoisotopic (exact) mass is 248 g/mol. The molecule has 0 aliphatic rings. The number of hydrogen-bond donors (Lipinski definition) is 1. The molecule has 1 aromatic carbocycles. The van der Waals surface area contributed by atoms with E-state index in [1.165, 1.54) is 5.56 Å². The largest absolute Gasteiger partial charge is 0.489 e. The fourth-order valence-electron chi connectivity index (χ4n) is 1.44. The Bertz CT molecular complexity index is 430. The van der Waals surface area contributed by atoms with Gasteiger partial charge in [0.1, 0.15) is 12.4 Å². The van der Waals surface area contributed by atoms with Gasteiger partial charge in [0.25, 0.3) is 0 Å². The van der Waals surface area contributed by atoms with Crippen molar-refractivity contribution in [3.63, 3.8) is 0 Å². The highest BCUT2D eigenvalue weighted by Gasteiger charge is 2.17. The predicted octanol–water partition coefficient (Wildman–Crippen LogP) is 3.39. The molecule has 0 amide bonds. The molecule has 0 bridgehead atoms. The topological polar surface area (TPSA) is 46.5 Å². The lowest BCUT2D eigenvalue weighted by molar-refractivity contribution is -0.133. The Morgan fingerprint density at radius 3 is 2.33 bits per heavy atom. The van der Waals surface area contributed by atoms with Crippen molar-refractivity contribution in [1.29, 1.82) is 0 Å². The van der Waals surface area contributed by atoms with Crippen molar-refractivity contribution in [1.82, 2.24) is 0 Å². The first-order chi connectivity index (χ1) is 8.36. The van der Waals surface area contributed by atoms with Crippen molar-refractivity contribution in [2.24, 2.45) is 0 Å². The van der Waals surface area contributed by atoms with Crippen LogP contribution in [-0.2, 0) is 10.2 Å². The first-order valence-electron chi connectivity index (χ1n) is 6.01. The first-order valence-corrected chi connectivity index (χ1v) is 6.01. The van der Waals surface area contributed by atoms with Gasteiger partial charge in [0, 0.05) is 0 Å². The van der Waals surface area contributed by atoms with E-state index >= 15 is 0 Å². The van der Waals surface area contributed by atoms with Crippen LogP contribution < -0.4 is 4.74 Å². The van der Waals surface area contributed by atoms with E-state index < -0.39 is 5.97 Å². The third-order valence-electron chi connectivity index (χ3n) is 3.24. The molecule has 0 saturated heterocycles. The highest BCUT2D eigenvalue weighted by molar-refractivity contribution is 5.86. The maximum absolute atomic E-state index is 10.6. The summed E-state index contributed by atoms with van der Waals surface area (Å²) in [7, 11) is 0. The Morgan fingerprint density at radius 1 is 1.33 bits per heavy atom. The van der Waals surface area contributed by atoms with Crippen LogP contribution in [0.1, 0.15) is 32.8 Å². The minimum Gasteiger partial charge on any atom is -0.489 e. The molecule has 0 spiro atoms. The van der Waals surface area contributed by atoms with Crippen LogP contribution in [0.3, 0.4) is 0 Å². The van der Waals surface area contributed by atoms with Crippen LogP contribution >= 0.6 is 0 Å². The van der Waals surface area contributed by atoms with Crippen LogP contribution in [0.15, 0.2) is 36.4 Å². The molecule has 0 atom stereocenters. The molecule has 98 valence electrons. The van der Waals surface area contributed by atoms with Crippen LogP contribution in [0.4, 0.5) is 0 Å². The summed E-state index contributed by atoms with van der Waals surface area (Å²) in [6, 6.07) is 7.76. The van der Waals surface area contributed by atoms with Crippen molar-refractivity contribution in [3.05, 3.63) is 42.0 Å². The lowest BCUT2D eigenvalue weighted by Gasteiger charge is -2.23. The quantitative estimate of drug-likeness (QED) is 0.785. The number of carbonyl (C=O) groups is 1. The Labute approximate surface area is 108 Å². The molecule has 0 radical (unpaired) electrons. The van der Waals surface area contributed by atoms with Gasteiger partial charge in [-0.2, -0.15) is 0 Å². The molecule has 1 aromatic rings. The van der Waals surface area contributed by atoms with E-state index in [1.54, 1.807) is 0 Å². The van der Waals surface area contributed by atoms with Gasteiger partial charge < -0.3 is 9.84 Å². The predicted molar refractivity (Wildman–Crippen MR) is 72.0 cm³/mol. The highest BCUT2D eigenvalue weighted by Crippen LogP contribution is 2.28. The average molecular weight is 248 g/mol. The Kier molecular flexibility index (Phi) is 4.54. The van der Waals surface area contributed by atoms with Crippen molar-refractivity contribution >= 4 is 5.97 Å². The summed E-state index contributed by atoms with van der Waals surface area (Å²) in [5, 5.41) is 8.66. The standard InChI is InChI=1S/C15H20O3/c1-5-15(3,4)12-6-8-13(9-7-12)18-10-11(2)14(16)17/h6-9H,2,5,10H2,1,3-4H3,(H,16,17). The molecule has 0 fully saturated rings. The second-order valence-corrected chi connectivity index (χ2v) is 4.96. The smallest absolute Gasteiger partial charge is 0.334 e. The third kappa shape index (κ3) is 3.62. The summed E-state index contributed by atoms with van der Waals surface area (Å²) in [6.07, 6.45) is 1.06. The van der Waals surface area contributed by atoms with Crippen molar-refractivity contribution in [2.45, 2.75) is 32.6 Å². The normalized spacial score (nSPS) is 11.1. The Balaban J connectivity index is 2.67. The number of benzene rings is 1. The molecule has 1 rings (SSSR count). The molecule has 0 unspecified atom stereocenters. The fraction of sp³-hybridized carbons (Fsp3) is 0.400. The van der Waals surface area contributed by atoms with Gasteiger partial charge in [-0.1, -0.05) is 39.5 Å². The van der Waals surface area contributed by atoms with Crippen LogP contribution in [0.25, 0.3) is 0 Å². The zero-order valence-electron chi connectivity index (χ0n) is 11.2. The summed E-state index contributed by atoms with van der Waals surface area (Å²) in [5.41, 5.74) is 1.44. The number of ether oxygens (including phenoxy) is 1. The van der Waals surface area contributed by atoms with Gasteiger partial charge in [0.05, 0.1) is 5.57 Å². The number of rotatable bonds is 6. The lowest BCUT2D eigenvalue weighted by Crippen LogP contribution is -2.15. The fourth-order valence-corrected chi connectivity index (χ4v) is 1.44. The van der Waals surface area contributed by atoms with E-state index in [1.807, 2.05) is 24.3 Å². The van der Waals surface area contributed by atoms with Crippen LogP contribution in [-0.4, -0.2) is 17.7 Å². The van der Waals surface area contributed by atoms with Gasteiger partial charge in [0.2, 0.25) is 0 Å². The molecule has 0 aromatic heterocycles. The first kappa shape index (κ1) is 14.3. The van der Waals surface area contributed by atoms with Gasteiger partial charge in [-0.15, -0.1) is 0 Å². The minimum atomic E-state index is -1.03. The van der Waals surface area contributed by atoms with Crippen molar-refractivity contribution in [2.75, 3.05) is 6.61 Å². The molecule has 3 nitrogen and oxygen atoms in total. The molecule has 0 saturated carbocycles. The molecule has 0 aliphatic carbocycles. The zero-order chi connectivity index (χ0) is 13.8.